The topological polar surface area (TPSA) is 72.5 Å². The Morgan fingerprint density at radius 1 is 0.917 bits per heavy atom. The number of ether oxygens (including phenoxy) is 1. The SMILES string of the molecule is O=C(COC(=O)CCC(=O)c1ccc(Cl)cc1)Nc1ccccc1. The molecule has 0 fully saturated rings. The Balaban J connectivity index is 1.70. The average Bonchev–Trinajstić information content (AvgIpc) is 2.59. The second-order valence-corrected chi connectivity index (χ2v) is 5.44. The van der Waals surface area contributed by atoms with Crippen molar-refractivity contribution in [2.75, 3.05) is 11.9 Å². The standard InChI is InChI=1S/C18H16ClNO4/c19-14-8-6-13(7-9-14)16(21)10-11-18(23)24-12-17(22)20-15-4-2-1-3-5-15/h1-9H,10-12H2,(H,20,22). The Hall–Kier alpha value is -2.66. The number of esters is 1. The Bertz CT molecular complexity index is 714. The number of Topliss-reactive ketones (excluding diaryl/α,β-unsaturated/α-hetero) is 1. The molecule has 0 aliphatic heterocycles. The molecule has 124 valence electrons. The minimum atomic E-state index is -0.597. The van der Waals surface area contributed by atoms with E-state index in [4.69, 9.17) is 16.3 Å². The molecule has 2 aromatic rings. The highest BCUT2D eigenvalue weighted by molar-refractivity contribution is 6.30. The van der Waals surface area contributed by atoms with Crippen LogP contribution in [0.3, 0.4) is 0 Å². The van der Waals surface area contributed by atoms with Gasteiger partial charge in [0.1, 0.15) is 0 Å². The van der Waals surface area contributed by atoms with Gasteiger partial charge >= 0.3 is 5.97 Å². The van der Waals surface area contributed by atoms with Gasteiger partial charge in [0.2, 0.25) is 0 Å². The van der Waals surface area contributed by atoms with Crippen molar-refractivity contribution in [3.8, 4) is 0 Å². The van der Waals surface area contributed by atoms with E-state index in [1.165, 1.54) is 0 Å². The van der Waals surface area contributed by atoms with Crippen molar-refractivity contribution < 1.29 is 19.1 Å². The minimum absolute atomic E-state index is 0.0147. The summed E-state index contributed by atoms with van der Waals surface area (Å²) in [4.78, 5) is 35.2. The molecular weight excluding hydrogens is 330 g/mol. The number of benzene rings is 2. The fourth-order valence-electron chi connectivity index (χ4n) is 1.93. The number of halogens is 1. The highest BCUT2D eigenvalue weighted by Crippen LogP contribution is 2.12. The van der Waals surface area contributed by atoms with Crippen molar-refractivity contribution in [3.05, 3.63) is 65.2 Å². The van der Waals surface area contributed by atoms with E-state index >= 15 is 0 Å². The maximum absolute atomic E-state index is 11.9. The third-order valence-electron chi connectivity index (χ3n) is 3.14. The first kappa shape index (κ1) is 17.7. The number of rotatable bonds is 7. The van der Waals surface area contributed by atoms with Gasteiger partial charge in [-0.05, 0) is 36.4 Å². The van der Waals surface area contributed by atoms with Gasteiger partial charge < -0.3 is 10.1 Å². The molecule has 1 amide bonds. The smallest absolute Gasteiger partial charge is 0.306 e. The van der Waals surface area contributed by atoms with Crippen molar-refractivity contribution in [3.63, 3.8) is 0 Å². The van der Waals surface area contributed by atoms with Crippen LogP contribution in [-0.2, 0) is 14.3 Å². The van der Waals surface area contributed by atoms with E-state index in [-0.39, 0.29) is 25.2 Å². The summed E-state index contributed by atoms with van der Waals surface area (Å²) in [6.45, 7) is -0.386. The Morgan fingerprint density at radius 2 is 1.58 bits per heavy atom. The molecule has 0 spiro atoms. The fourth-order valence-corrected chi connectivity index (χ4v) is 2.06. The lowest BCUT2D eigenvalue weighted by atomic mass is 10.1. The van der Waals surface area contributed by atoms with Gasteiger partial charge in [0.05, 0.1) is 6.42 Å². The lowest BCUT2D eigenvalue weighted by Crippen LogP contribution is -2.21. The normalized spacial score (nSPS) is 10.0. The Kier molecular flexibility index (Phi) is 6.51. The van der Waals surface area contributed by atoms with Gasteiger partial charge in [0, 0.05) is 22.7 Å². The van der Waals surface area contributed by atoms with Crippen LogP contribution in [0.5, 0.6) is 0 Å². The molecule has 0 saturated heterocycles. The van der Waals surface area contributed by atoms with Gasteiger partial charge in [-0.3, -0.25) is 14.4 Å². The van der Waals surface area contributed by atoms with E-state index < -0.39 is 11.9 Å². The predicted octanol–water partition coefficient (Wildman–Crippen LogP) is 3.48. The van der Waals surface area contributed by atoms with Crippen molar-refractivity contribution in [2.45, 2.75) is 12.8 Å². The van der Waals surface area contributed by atoms with E-state index in [9.17, 15) is 14.4 Å². The number of carbonyl (C=O) groups excluding carboxylic acids is 3. The summed E-state index contributed by atoms with van der Waals surface area (Å²) < 4.78 is 4.86. The Morgan fingerprint density at radius 3 is 2.25 bits per heavy atom. The van der Waals surface area contributed by atoms with Crippen LogP contribution in [-0.4, -0.2) is 24.3 Å². The maximum atomic E-state index is 11.9. The lowest BCUT2D eigenvalue weighted by molar-refractivity contribution is -0.147. The van der Waals surface area contributed by atoms with Gasteiger partial charge in [-0.25, -0.2) is 0 Å². The molecule has 5 nitrogen and oxygen atoms in total. The number of carbonyl (C=O) groups is 3. The van der Waals surface area contributed by atoms with Gasteiger partial charge in [-0.2, -0.15) is 0 Å². The van der Waals surface area contributed by atoms with Crippen LogP contribution in [0.2, 0.25) is 5.02 Å². The van der Waals surface area contributed by atoms with Crippen LogP contribution in [0.1, 0.15) is 23.2 Å². The molecule has 0 atom stereocenters. The fraction of sp³-hybridized carbons (Fsp3) is 0.167. The van der Waals surface area contributed by atoms with E-state index in [2.05, 4.69) is 5.32 Å². The van der Waals surface area contributed by atoms with Crippen molar-refractivity contribution in [1.82, 2.24) is 0 Å². The number of para-hydroxylation sites is 1. The van der Waals surface area contributed by atoms with Crippen LogP contribution < -0.4 is 5.32 Å². The van der Waals surface area contributed by atoms with Crippen molar-refractivity contribution >= 4 is 34.9 Å². The molecule has 2 aromatic carbocycles. The van der Waals surface area contributed by atoms with Crippen molar-refractivity contribution in [2.24, 2.45) is 0 Å². The molecule has 0 bridgehead atoms. The first-order chi connectivity index (χ1) is 11.5. The minimum Gasteiger partial charge on any atom is -0.456 e. The molecule has 0 unspecified atom stereocenters. The van der Waals surface area contributed by atoms with Gasteiger partial charge in [-0.1, -0.05) is 29.8 Å². The number of nitrogens with one attached hydrogen (secondary N) is 1. The molecule has 24 heavy (non-hydrogen) atoms. The summed E-state index contributed by atoms with van der Waals surface area (Å²) >= 11 is 5.75. The summed E-state index contributed by atoms with van der Waals surface area (Å²) in [7, 11) is 0. The number of anilines is 1. The highest BCUT2D eigenvalue weighted by atomic mass is 35.5. The summed E-state index contributed by atoms with van der Waals surface area (Å²) in [5.74, 6) is -1.21. The quantitative estimate of drug-likeness (QED) is 0.616. The molecule has 0 aliphatic carbocycles. The highest BCUT2D eigenvalue weighted by Gasteiger charge is 2.12. The molecule has 0 saturated carbocycles. The van der Waals surface area contributed by atoms with Gasteiger partial charge in [0.15, 0.2) is 12.4 Å². The first-order valence-corrected chi connectivity index (χ1v) is 7.71. The van der Waals surface area contributed by atoms with E-state index in [0.29, 0.717) is 16.3 Å². The number of hydrogen-bond donors (Lipinski definition) is 1. The summed E-state index contributed by atoms with van der Waals surface area (Å²) in [5, 5.41) is 3.14. The van der Waals surface area contributed by atoms with Crippen molar-refractivity contribution in [1.29, 1.82) is 0 Å². The summed E-state index contributed by atoms with van der Waals surface area (Å²) in [6.07, 6.45) is -0.0686. The number of amides is 1. The zero-order chi connectivity index (χ0) is 17.4. The molecular formula is C18H16ClNO4. The van der Waals surface area contributed by atoms with Crippen LogP contribution in [0.4, 0.5) is 5.69 Å². The number of ketones is 1. The summed E-state index contributed by atoms with van der Waals surface area (Å²) in [6, 6.07) is 15.3. The van der Waals surface area contributed by atoms with Crippen LogP contribution in [0, 0.1) is 0 Å². The van der Waals surface area contributed by atoms with Gasteiger partial charge in [-0.15, -0.1) is 0 Å². The van der Waals surface area contributed by atoms with Gasteiger partial charge in [0.25, 0.3) is 5.91 Å². The van der Waals surface area contributed by atoms with Crippen LogP contribution in [0.15, 0.2) is 54.6 Å². The van der Waals surface area contributed by atoms with Crippen LogP contribution in [0.25, 0.3) is 0 Å². The molecule has 0 heterocycles. The molecule has 0 aliphatic rings. The monoisotopic (exact) mass is 345 g/mol. The molecule has 0 aromatic heterocycles. The molecule has 2 rings (SSSR count). The lowest BCUT2D eigenvalue weighted by Gasteiger charge is -2.06. The molecule has 1 N–H and O–H groups in total. The maximum Gasteiger partial charge on any atom is 0.306 e. The first-order valence-electron chi connectivity index (χ1n) is 7.34. The zero-order valence-electron chi connectivity index (χ0n) is 12.8. The molecule has 6 heteroatoms. The van der Waals surface area contributed by atoms with Crippen LogP contribution >= 0.6 is 11.6 Å². The third-order valence-corrected chi connectivity index (χ3v) is 3.40. The average molecular weight is 346 g/mol. The number of hydrogen-bond acceptors (Lipinski definition) is 4. The predicted molar refractivity (Wildman–Crippen MR) is 91.0 cm³/mol. The second kappa shape index (κ2) is 8.84. The van der Waals surface area contributed by atoms with E-state index in [1.807, 2.05) is 6.07 Å². The zero-order valence-corrected chi connectivity index (χ0v) is 13.6. The van der Waals surface area contributed by atoms with E-state index in [0.717, 1.165) is 0 Å². The summed E-state index contributed by atoms with van der Waals surface area (Å²) in [5.41, 5.74) is 1.10. The second-order valence-electron chi connectivity index (χ2n) is 5.00. The molecule has 0 radical (unpaired) electrons. The third kappa shape index (κ3) is 5.85. The van der Waals surface area contributed by atoms with E-state index in [1.54, 1.807) is 48.5 Å². The largest absolute Gasteiger partial charge is 0.456 e. The Labute approximate surface area is 144 Å².